The fourth-order valence-corrected chi connectivity index (χ4v) is 3.42. The maximum Gasteiger partial charge on any atom is 0.234 e. The SMILES string of the molecule is CC1(C)C(=O)Nc2ccc(C(Cl)CCC3CCCO3)cc21. The van der Waals surface area contributed by atoms with Gasteiger partial charge in [0, 0.05) is 12.3 Å². The molecule has 2 atom stereocenters. The van der Waals surface area contributed by atoms with Gasteiger partial charge in [-0.05, 0) is 56.7 Å². The van der Waals surface area contributed by atoms with Crippen molar-refractivity contribution in [2.75, 3.05) is 11.9 Å². The molecule has 0 radical (unpaired) electrons. The number of hydrogen-bond donors (Lipinski definition) is 1. The first-order valence-corrected chi connectivity index (χ1v) is 8.13. The molecule has 4 heteroatoms. The van der Waals surface area contributed by atoms with Crippen LogP contribution in [0, 0.1) is 0 Å². The van der Waals surface area contributed by atoms with Gasteiger partial charge in [-0.2, -0.15) is 0 Å². The highest BCUT2D eigenvalue weighted by molar-refractivity contribution is 6.20. The molecule has 3 nitrogen and oxygen atoms in total. The zero-order valence-corrected chi connectivity index (χ0v) is 13.4. The standard InChI is InChI=1S/C17H22ClNO2/c1-17(2)13-10-11(5-8-15(13)19-16(17)20)14(18)7-6-12-4-3-9-21-12/h5,8,10,12,14H,3-4,6-7,9H2,1-2H3,(H,19,20). The van der Waals surface area contributed by atoms with E-state index in [4.69, 9.17) is 16.3 Å². The molecule has 1 aromatic rings. The number of amides is 1. The minimum atomic E-state index is -0.476. The van der Waals surface area contributed by atoms with Crippen molar-refractivity contribution in [3.05, 3.63) is 29.3 Å². The normalized spacial score (nSPS) is 24.7. The molecule has 2 unspecified atom stereocenters. The highest BCUT2D eigenvalue weighted by Crippen LogP contribution is 2.40. The first-order chi connectivity index (χ1) is 9.98. The summed E-state index contributed by atoms with van der Waals surface area (Å²) in [6.07, 6.45) is 4.61. The Morgan fingerprint density at radius 2 is 2.29 bits per heavy atom. The van der Waals surface area contributed by atoms with Crippen LogP contribution >= 0.6 is 11.6 Å². The van der Waals surface area contributed by atoms with E-state index in [-0.39, 0.29) is 11.3 Å². The molecule has 1 N–H and O–H groups in total. The minimum absolute atomic E-state index is 0.0222. The third-order valence-electron chi connectivity index (χ3n) is 4.66. The van der Waals surface area contributed by atoms with Crippen LogP contribution in [-0.2, 0) is 14.9 Å². The van der Waals surface area contributed by atoms with Crippen molar-refractivity contribution >= 4 is 23.2 Å². The molecule has 0 saturated carbocycles. The quantitative estimate of drug-likeness (QED) is 0.848. The van der Waals surface area contributed by atoms with Gasteiger partial charge in [-0.15, -0.1) is 11.6 Å². The van der Waals surface area contributed by atoms with E-state index in [1.165, 1.54) is 6.42 Å². The monoisotopic (exact) mass is 307 g/mol. The largest absolute Gasteiger partial charge is 0.378 e. The Bertz CT molecular complexity index is 550. The number of ether oxygens (including phenoxy) is 1. The van der Waals surface area contributed by atoms with Gasteiger partial charge in [-0.3, -0.25) is 4.79 Å². The summed E-state index contributed by atoms with van der Waals surface area (Å²) in [6, 6.07) is 6.08. The fraction of sp³-hybridized carbons (Fsp3) is 0.588. The van der Waals surface area contributed by atoms with E-state index in [2.05, 4.69) is 11.4 Å². The molecule has 2 heterocycles. The molecular formula is C17H22ClNO2. The van der Waals surface area contributed by atoms with Crippen LogP contribution in [0.15, 0.2) is 18.2 Å². The number of halogens is 1. The number of nitrogens with one attached hydrogen (secondary N) is 1. The van der Waals surface area contributed by atoms with Crippen LogP contribution in [0.3, 0.4) is 0 Å². The Morgan fingerprint density at radius 3 is 3.00 bits per heavy atom. The number of benzene rings is 1. The summed E-state index contributed by atoms with van der Waals surface area (Å²) in [5, 5.41) is 2.91. The third-order valence-corrected chi connectivity index (χ3v) is 5.13. The van der Waals surface area contributed by atoms with Crippen LogP contribution in [0.5, 0.6) is 0 Å². The molecule has 3 rings (SSSR count). The Kier molecular flexibility index (Phi) is 3.98. The summed E-state index contributed by atoms with van der Waals surface area (Å²) in [4.78, 5) is 12.0. The average Bonchev–Trinajstić information content (AvgIpc) is 3.04. The molecule has 2 aliphatic heterocycles. The number of hydrogen-bond acceptors (Lipinski definition) is 2. The molecule has 114 valence electrons. The van der Waals surface area contributed by atoms with Crippen LogP contribution in [0.2, 0.25) is 0 Å². The summed E-state index contributed by atoms with van der Waals surface area (Å²) < 4.78 is 5.65. The Hall–Kier alpha value is -1.06. The lowest BCUT2D eigenvalue weighted by Gasteiger charge is -2.18. The number of fused-ring (bicyclic) bond motifs is 1. The van der Waals surface area contributed by atoms with Crippen molar-refractivity contribution in [1.29, 1.82) is 0 Å². The van der Waals surface area contributed by atoms with Gasteiger partial charge in [0.05, 0.1) is 16.9 Å². The van der Waals surface area contributed by atoms with Gasteiger partial charge in [0.2, 0.25) is 5.91 Å². The molecule has 0 aromatic heterocycles. The van der Waals surface area contributed by atoms with Crippen molar-refractivity contribution in [2.45, 2.75) is 56.4 Å². The number of anilines is 1. The lowest BCUT2D eigenvalue weighted by molar-refractivity contribution is -0.119. The lowest BCUT2D eigenvalue weighted by atomic mass is 9.85. The van der Waals surface area contributed by atoms with Crippen molar-refractivity contribution in [1.82, 2.24) is 0 Å². The van der Waals surface area contributed by atoms with Crippen LogP contribution < -0.4 is 5.32 Å². The zero-order chi connectivity index (χ0) is 15.0. The molecule has 0 bridgehead atoms. The summed E-state index contributed by atoms with van der Waals surface area (Å²) in [5.74, 6) is 0.0557. The third kappa shape index (κ3) is 2.82. The van der Waals surface area contributed by atoms with Crippen molar-refractivity contribution < 1.29 is 9.53 Å². The first kappa shape index (κ1) is 14.9. The molecule has 1 saturated heterocycles. The molecule has 1 fully saturated rings. The second-order valence-electron chi connectivity index (χ2n) is 6.56. The van der Waals surface area contributed by atoms with Crippen LogP contribution in [0.4, 0.5) is 5.69 Å². The van der Waals surface area contributed by atoms with Crippen molar-refractivity contribution in [3.8, 4) is 0 Å². The van der Waals surface area contributed by atoms with Gasteiger partial charge < -0.3 is 10.1 Å². The summed E-state index contributed by atoms with van der Waals surface area (Å²) in [6.45, 7) is 4.79. The lowest BCUT2D eigenvalue weighted by Crippen LogP contribution is -2.26. The smallest absolute Gasteiger partial charge is 0.234 e. The zero-order valence-electron chi connectivity index (χ0n) is 12.6. The van der Waals surface area contributed by atoms with Crippen LogP contribution in [0.1, 0.15) is 56.0 Å². The van der Waals surface area contributed by atoms with E-state index < -0.39 is 5.41 Å². The van der Waals surface area contributed by atoms with Crippen LogP contribution in [0.25, 0.3) is 0 Å². The topological polar surface area (TPSA) is 38.3 Å². The molecule has 1 amide bonds. The predicted octanol–water partition coefficient (Wildman–Crippen LogP) is 4.16. The van der Waals surface area contributed by atoms with Crippen molar-refractivity contribution in [3.63, 3.8) is 0 Å². The predicted molar refractivity (Wildman–Crippen MR) is 84.9 cm³/mol. The highest BCUT2D eigenvalue weighted by Gasteiger charge is 2.38. The number of carbonyl (C=O) groups is 1. The van der Waals surface area contributed by atoms with Gasteiger partial charge in [0.1, 0.15) is 0 Å². The molecule has 1 aromatic carbocycles. The Morgan fingerprint density at radius 1 is 1.48 bits per heavy atom. The molecule has 0 spiro atoms. The van der Waals surface area contributed by atoms with Gasteiger partial charge in [0.25, 0.3) is 0 Å². The van der Waals surface area contributed by atoms with Gasteiger partial charge in [-0.25, -0.2) is 0 Å². The minimum Gasteiger partial charge on any atom is -0.378 e. The van der Waals surface area contributed by atoms with E-state index in [9.17, 15) is 4.79 Å². The second kappa shape index (κ2) is 5.62. The molecule has 2 aliphatic rings. The highest BCUT2D eigenvalue weighted by atomic mass is 35.5. The molecule has 0 aliphatic carbocycles. The van der Waals surface area contributed by atoms with Crippen LogP contribution in [-0.4, -0.2) is 18.6 Å². The molecular weight excluding hydrogens is 286 g/mol. The maximum atomic E-state index is 12.0. The number of rotatable bonds is 4. The summed E-state index contributed by atoms with van der Waals surface area (Å²) >= 11 is 6.55. The first-order valence-electron chi connectivity index (χ1n) is 7.70. The number of carbonyl (C=O) groups excluding carboxylic acids is 1. The maximum absolute atomic E-state index is 12.0. The van der Waals surface area contributed by atoms with E-state index in [0.717, 1.165) is 42.7 Å². The summed E-state index contributed by atoms with van der Waals surface area (Å²) in [5.41, 5.74) is 2.58. The van der Waals surface area contributed by atoms with Gasteiger partial charge in [-0.1, -0.05) is 12.1 Å². The molecule has 21 heavy (non-hydrogen) atoms. The van der Waals surface area contributed by atoms with E-state index >= 15 is 0 Å². The second-order valence-corrected chi connectivity index (χ2v) is 7.09. The van der Waals surface area contributed by atoms with Crippen molar-refractivity contribution in [2.24, 2.45) is 0 Å². The van der Waals surface area contributed by atoms with E-state index in [1.54, 1.807) is 0 Å². The Balaban J connectivity index is 1.71. The fourth-order valence-electron chi connectivity index (χ4n) is 3.15. The van der Waals surface area contributed by atoms with E-state index in [0.29, 0.717) is 6.10 Å². The van der Waals surface area contributed by atoms with Gasteiger partial charge in [0.15, 0.2) is 0 Å². The Labute approximate surface area is 131 Å². The average molecular weight is 308 g/mol. The van der Waals surface area contributed by atoms with E-state index in [1.807, 2.05) is 26.0 Å². The summed E-state index contributed by atoms with van der Waals surface area (Å²) in [7, 11) is 0. The number of alkyl halides is 1. The van der Waals surface area contributed by atoms with Gasteiger partial charge >= 0.3 is 0 Å².